The zero-order chi connectivity index (χ0) is 7.11. The van der Waals surface area contributed by atoms with Crippen molar-refractivity contribution in [3.05, 3.63) is 12.4 Å². The van der Waals surface area contributed by atoms with Gasteiger partial charge in [0.05, 0.1) is 0 Å². The summed E-state index contributed by atoms with van der Waals surface area (Å²) in [5.74, 6) is -0.0856. The van der Waals surface area contributed by atoms with Crippen molar-refractivity contribution in [2.24, 2.45) is 4.99 Å². The Morgan fingerprint density at radius 2 is 2.33 bits per heavy atom. The predicted molar refractivity (Wildman–Crippen MR) is 37.1 cm³/mol. The molecule has 0 aromatic carbocycles. The molecule has 0 aliphatic carbocycles. The molecule has 0 aromatic heterocycles. The molecule has 9 heavy (non-hydrogen) atoms. The van der Waals surface area contributed by atoms with Gasteiger partial charge in [-0.15, -0.1) is 0 Å². The molecule has 50 valence electrons. The van der Waals surface area contributed by atoms with E-state index >= 15 is 0 Å². The molecule has 0 aliphatic heterocycles. The number of aliphatic imine (C=N–C) groups is 1. The zero-order valence-electron chi connectivity index (χ0n) is 5.59. The van der Waals surface area contributed by atoms with Gasteiger partial charge in [-0.2, -0.15) is 0 Å². The van der Waals surface area contributed by atoms with Crippen molar-refractivity contribution in [2.45, 2.75) is 13.8 Å². The van der Waals surface area contributed by atoms with E-state index < -0.39 is 0 Å². The lowest BCUT2D eigenvalue weighted by atomic mass is 10.7. The predicted octanol–water partition coefficient (Wildman–Crippen LogP) is 0.684. The Hall–Kier alpha value is -1.12. The molecule has 0 bridgehead atoms. The fraction of sp³-hybridized carbons (Fsp3) is 0.333. The van der Waals surface area contributed by atoms with Crippen LogP contribution in [0.2, 0.25) is 0 Å². The van der Waals surface area contributed by atoms with Gasteiger partial charge in [0.1, 0.15) is 0 Å². The molecule has 0 unspecified atom stereocenters. The standard InChI is InChI=1S/C6H10N2O/c1-3-7-4-5-8-6(2)9/h3-5H,1-2H3,(H,8,9)/b5-4-,7-3?. The lowest BCUT2D eigenvalue weighted by Crippen LogP contribution is -2.10. The van der Waals surface area contributed by atoms with Gasteiger partial charge in [-0.25, -0.2) is 0 Å². The molecule has 0 aliphatic rings. The average molecular weight is 126 g/mol. The van der Waals surface area contributed by atoms with Crippen LogP contribution in [0.3, 0.4) is 0 Å². The third-order valence-electron chi connectivity index (χ3n) is 0.596. The number of nitrogens with one attached hydrogen (secondary N) is 1. The van der Waals surface area contributed by atoms with Crippen molar-refractivity contribution in [3.8, 4) is 0 Å². The summed E-state index contributed by atoms with van der Waals surface area (Å²) in [6.45, 7) is 3.25. The van der Waals surface area contributed by atoms with Gasteiger partial charge in [-0.1, -0.05) is 0 Å². The maximum atomic E-state index is 10.2. The molecule has 0 fully saturated rings. The van der Waals surface area contributed by atoms with Crippen LogP contribution in [0.1, 0.15) is 13.8 Å². The summed E-state index contributed by atoms with van der Waals surface area (Å²) in [6.07, 6.45) is 4.64. The van der Waals surface area contributed by atoms with Crippen molar-refractivity contribution in [1.29, 1.82) is 0 Å². The first-order valence-electron chi connectivity index (χ1n) is 2.67. The number of amides is 1. The summed E-state index contributed by atoms with van der Waals surface area (Å²) in [5, 5.41) is 2.45. The van der Waals surface area contributed by atoms with Crippen LogP contribution in [0.5, 0.6) is 0 Å². The van der Waals surface area contributed by atoms with Crippen molar-refractivity contribution < 1.29 is 4.79 Å². The Bertz CT molecular complexity index is 138. The summed E-state index contributed by atoms with van der Waals surface area (Å²) in [4.78, 5) is 13.9. The van der Waals surface area contributed by atoms with E-state index in [2.05, 4.69) is 10.3 Å². The molecule has 0 saturated heterocycles. The normalized spacial score (nSPS) is 10.9. The minimum absolute atomic E-state index is 0.0856. The van der Waals surface area contributed by atoms with Crippen LogP contribution >= 0.6 is 0 Å². The van der Waals surface area contributed by atoms with Crippen molar-refractivity contribution in [3.63, 3.8) is 0 Å². The van der Waals surface area contributed by atoms with Crippen molar-refractivity contribution in [1.82, 2.24) is 5.32 Å². The van der Waals surface area contributed by atoms with Gasteiger partial charge in [0.15, 0.2) is 0 Å². The van der Waals surface area contributed by atoms with Crippen LogP contribution in [0, 0.1) is 0 Å². The monoisotopic (exact) mass is 126 g/mol. The largest absolute Gasteiger partial charge is 0.331 e. The Labute approximate surface area is 54.5 Å². The third-order valence-corrected chi connectivity index (χ3v) is 0.596. The SMILES string of the molecule is CC=N/C=C\NC(C)=O. The summed E-state index contributed by atoms with van der Waals surface area (Å²) < 4.78 is 0. The molecule has 0 aromatic rings. The highest BCUT2D eigenvalue weighted by atomic mass is 16.1. The first kappa shape index (κ1) is 7.88. The summed E-state index contributed by atoms with van der Waals surface area (Å²) in [5.41, 5.74) is 0. The van der Waals surface area contributed by atoms with Crippen LogP contribution in [-0.4, -0.2) is 12.1 Å². The third kappa shape index (κ3) is 6.88. The van der Waals surface area contributed by atoms with Crippen molar-refractivity contribution >= 4 is 12.1 Å². The second-order valence-electron chi connectivity index (χ2n) is 1.42. The molecule has 0 heterocycles. The summed E-state index contributed by atoms with van der Waals surface area (Å²) >= 11 is 0. The number of rotatable bonds is 2. The zero-order valence-corrected chi connectivity index (χ0v) is 5.59. The van der Waals surface area contributed by atoms with E-state index in [0.717, 1.165) is 0 Å². The van der Waals surface area contributed by atoms with E-state index in [4.69, 9.17) is 0 Å². The quantitative estimate of drug-likeness (QED) is 0.543. The van der Waals surface area contributed by atoms with E-state index in [-0.39, 0.29) is 5.91 Å². The van der Waals surface area contributed by atoms with Gasteiger partial charge in [-0.05, 0) is 6.92 Å². The topological polar surface area (TPSA) is 41.5 Å². The van der Waals surface area contributed by atoms with E-state index in [1.54, 1.807) is 13.1 Å². The Morgan fingerprint density at radius 1 is 1.67 bits per heavy atom. The maximum Gasteiger partial charge on any atom is 0.220 e. The summed E-state index contributed by atoms with van der Waals surface area (Å²) in [6, 6.07) is 0. The van der Waals surface area contributed by atoms with E-state index in [9.17, 15) is 4.79 Å². The first-order valence-corrected chi connectivity index (χ1v) is 2.67. The minimum Gasteiger partial charge on any atom is -0.331 e. The molecular weight excluding hydrogens is 116 g/mol. The smallest absolute Gasteiger partial charge is 0.220 e. The molecule has 0 radical (unpaired) electrons. The van der Waals surface area contributed by atoms with Crippen LogP contribution in [0.4, 0.5) is 0 Å². The van der Waals surface area contributed by atoms with Gasteiger partial charge in [0.2, 0.25) is 5.91 Å². The van der Waals surface area contributed by atoms with E-state index in [1.807, 2.05) is 0 Å². The number of nitrogens with zero attached hydrogens (tertiary/aromatic N) is 1. The Morgan fingerprint density at radius 3 is 2.78 bits per heavy atom. The fourth-order valence-electron chi connectivity index (χ4n) is 0.284. The van der Waals surface area contributed by atoms with E-state index in [0.29, 0.717) is 0 Å². The molecule has 0 rings (SSSR count). The molecule has 1 amide bonds. The van der Waals surface area contributed by atoms with Gasteiger partial charge in [0, 0.05) is 25.5 Å². The van der Waals surface area contributed by atoms with Gasteiger partial charge >= 0.3 is 0 Å². The highest BCUT2D eigenvalue weighted by molar-refractivity contribution is 5.73. The van der Waals surface area contributed by atoms with Crippen LogP contribution in [0.15, 0.2) is 17.4 Å². The maximum absolute atomic E-state index is 10.2. The van der Waals surface area contributed by atoms with Crippen LogP contribution in [0.25, 0.3) is 0 Å². The molecule has 0 atom stereocenters. The highest BCUT2D eigenvalue weighted by Crippen LogP contribution is 1.68. The Kier molecular flexibility index (Phi) is 4.40. The first-order chi connectivity index (χ1) is 4.27. The van der Waals surface area contributed by atoms with Crippen LogP contribution < -0.4 is 5.32 Å². The molecule has 3 nitrogen and oxygen atoms in total. The second kappa shape index (κ2) is 5.03. The lowest BCUT2D eigenvalue weighted by Gasteiger charge is -1.86. The van der Waals surface area contributed by atoms with E-state index in [1.165, 1.54) is 19.3 Å². The Balaban J connectivity index is 3.36. The summed E-state index contributed by atoms with van der Waals surface area (Å²) in [7, 11) is 0. The van der Waals surface area contributed by atoms with Gasteiger partial charge in [-0.3, -0.25) is 9.79 Å². The molecular formula is C6H10N2O. The second-order valence-corrected chi connectivity index (χ2v) is 1.42. The number of carbonyl (C=O) groups excluding carboxylic acids is 1. The fourth-order valence-corrected chi connectivity index (χ4v) is 0.284. The van der Waals surface area contributed by atoms with Crippen molar-refractivity contribution in [2.75, 3.05) is 0 Å². The molecule has 0 saturated carbocycles. The molecule has 0 spiro atoms. The minimum atomic E-state index is -0.0856. The molecule has 1 N–H and O–H groups in total. The average Bonchev–Trinajstić information content (AvgIpc) is 1.80. The van der Waals surface area contributed by atoms with Gasteiger partial charge in [0.25, 0.3) is 0 Å². The van der Waals surface area contributed by atoms with Crippen LogP contribution in [-0.2, 0) is 4.79 Å². The highest BCUT2D eigenvalue weighted by Gasteiger charge is 1.78. The van der Waals surface area contributed by atoms with Gasteiger partial charge < -0.3 is 5.32 Å². The number of hydrogen-bond donors (Lipinski definition) is 1. The lowest BCUT2D eigenvalue weighted by molar-refractivity contribution is -0.118. The number of hydrogen-bond acceptors (Lipinski definition) is 2. The molecule has 3 heteroatoms. The number of carbonyl (C=O) groups is 1.